The van der Waals surface area contributed by atoms with Crippen LogP contribution in [0.2, 0.25) is 0 Å². The standard InChI is InChI=1S/C17H18N2O4S/c1-12-5-3-8-17(18-12)23-15-10-19(11-15)24(21,22)16-7-4-6-14(9-16)13(2)20/h3-9,15H,10-11H2,1-2H3. The van der Waals surface area contributed by atoms with Crippen LogP contribution in [0.25, 0.3) is 0 Å². The van der Waals surface area contributed by atoms with E-state index in [0.29, 0.717) is 11.4 Å². The zero-order chi connectivity index (χ0) is 17.3. The van der Waals surface area contributed by atoms with E-state index in [1.807, 2.05) is 19.1 Å². The summed E-state index contributed by atoms with van der Waals surface area (Å²) in [4.78, 5) is 15.8. The Kier molecular flexibility index (Phi) is 4.38. The lowest BCUT2D eigenvalue weighted by atomic mass is 10.2. The van der Waals surface area contributed by atoms with Crippen molar-refractivity contribution in [2.45, 2.75) is 24.8 Å². The van der Waals surface area contributed by atoms with Crippen molar-refractivity contribution in [1.29, 1.82) is 0 Å². The molecular weight excluding hydrogens is 328 g/mol. The molecule has 1 aliphatic heterocycles. The SMILES string of the molecule is CC(=O)c1cccc(S(=O)(=O)N2CC(Oc3cccc(C)n3)C2)c1. The highest BCUT2D eigenvalue weighted by atomic mass is 32.2. The number of ether oxygens (including phenoxy) is 1. The van der Waals surface area contributed by atoms with Gasteiger partial charge in [-0.3, -0.25) is 4.79 Å². The largest absolute Gasteiger partial charge is 0.472 e. The normalized spacial score (nSPS) is 15.8. The first-order chi connectivity index (χ1) is 11.4. The van der Waals surface area contributed by atoms with Crippen LogP contribution in [0.3, 0.4) is 0 Å². The number of carbonyl (C=O) groups is 1. The highest BCUT2D eigenvalue weighted by Crippen LogP contribution is 2.24. The molecule has 0 spiro atoms. The minimum Gasteiger partial charge on any atom is -0.472 e. The Balaban J connectivity index is 1.68. The number of rotatable bonds is 5. The first-order valence-corrected chi connectivity index (χ1v) is 9.02. The van der Waals surface area contributed by atoms with E-state index in [9.17, 15) is 13.2 Å². The lowest BCUT2D eigenvalue weighted by Gasteiger charge is -2.37. The van der Waals surface area contributed by atoms with Crippen molar-refractivity contribution in [3.8, 4) is 5.88 Å². The molecule has 2 aromatic rings. The molecule has 2 heterocycles. The fourth-order valence-corrected chi connectivity index (χ4v) is 4.00. The van der Waals surface area contributed by atoms with Crippen molar-refractivity contribution in [2.24, 2.45) is 0 Å². The van der Waals surface area contributed by atoms with Crippen LogP contribution in [0.15, 0.2) is 47.4 Å². The molecule has 0 N–H and O–H groups in total. The van der Waals surface area contributed by atoms with E-state index >= 15 is 0 Å². The first kappa shape index (κ1) is 16.6. The van der Waals surface area contributed by atoms with Gasteiger partial charge in [0.2, 0.25) is 15.9 Å². The number of hydrogen-bond acceptors (Lipinski definition) is 5. The summed E-state index contributed by atoms with van der Waals surface area (Å²) in [5.74, 6) is 0.331. The molecule has 1 saturated heterocycles. The Bertz CT molecular complexity index is 874. The number of Topliss-reactive ketones (excluding diaryl/α,β-unsaturated/α-hetero) is 1. The average molecular weight is 346 g/mol. The number of pyridine rings is 1. The number of sulfonamides is 1. The quantitative estimate of drug-likeness (QED) is 0.775. The smallest absolute Gasteiger partial charge is 0.243 e. The maximum atomic E-state index is 12.6. The van der Waals surface area contributed by atoms with Crippen LogP contribution in [-0.2, 0) is 10.0 Å². The molecule has 0 radical (unpaired) electrons. The number of ketones is 1. The molecule has 1 aromatic heterocycles. The van der Waals surface area contributed by atoms with Crippen molar-refractivity contribution in [3.05, 3.63) is 53.7 Å². The lowest BCUT2D eigenvalue weighted by molar-refractivity contribution is 0.0719. The summed E-state index contributed by atoms with van der Waals surface area (Å²) in [5.41, 5.74) is 1.23. The van der Waals surface area contributed by atoms with Gasteiger partial charge in [-0.2, -0.15) is 4.31 Å². The Hall–Kier alpha value is -2.25. The van der Waals surface area contributed by atoms with Gasteiger partial charge < -0.3 is 4.74 Å². The fourth-order valence-electron chi connectivity index (χ4n) is 2.45. The lowest BCUT2D eigenvalue weighted by Crippen LogP contribution is -2.56. The van der Waals surface area contributed by atoms with Gasteiger partial charge >= 0.3 is 0 Å². The summed E-state index contributed by atoms with van der Waals surface area (Å²) in [6.45, 7) is 3.81. The highest BCUT2D eigenvalue weighted by Gasteiger charge is 2.38. The zero-order valence-electron chi connectivity index (χ0n) is 13.5. The monoisotopic (exact) mass is 346 g/mol. The van der Waals surface area contributed by atoms with Gasteiger partial charge in [-0.1, -0.05) is 18.2 Å². The van der Waals surface area contributed by atoms with E-state index in [-0.39, 0.29) is 29.9 Å². The van der Waals surface area contributed by atoms with Gasteiger partial charge in [-0.25, -0.2) is 13.4 Å². The molecule has 6 nitrogen and oxygen atoms in total. The van der Waals surface area contributed by atoms with Crippen LogP contribution >= 0.6 is 0 Å². The number of benzene rings is 1. The topological polar surface area (TPSA) is 76.6 Å². The molecule has 1 fully saturated rings. The Morgan fingerprint density at radius 2 is 1.92 bits per heavy atom. The Labute approximate surface area is 141 Å². The molecule has 7 heteroatoms. The second-order valence-electron chi connectivity index (χ2n) is 5.76. The molecule has 1 aromatic carbocycles. The van der Waals surface area contributed by atoms with Crippen LogP contribution in [-0.4, -0.2) is 42.7 Å². The second-order valence-corrected chi connectivity index (χ2v) is 7.70. The van der Waals surface area contributed by atoms with E-state index in [1.165, 1.54) is 23.4 Å². The van der Waals surface area contributed by atoms with Gasteiger partial charge in [-0.15, -0.1) is 0 Å². The molecule has 0 atom stereocenters. The van der Waals surface area contributed by atoms with Crippen molar-refractivity contribution >= 4 is 15.8 Å². The predicted molar refractivity (Wildman–Crippen MR) is 88.6 cm³/mol. The minimum atomic E-state index is -3.61. The van der Waals surface area contributed by atoms with Gasteiger partial charge in [-0.05, 0) is 32.0 Å². The van der Waals surface area contributed by atoms with E-state index < -0.39 is 10.0 Å². The second kappa shape index (κ2) is 6.33. The molecule has 0 aliphatic carbocycles. The molecule has 0 unspecified atom stereocenters. The summed E-state index contributed by atoms with van der Waals surface area (Å²) in [5, 5.41) is 0. The number of nitrogens with zero attached hydrogens (tertiary/aromatic N) is 2. The first-order valence-electron chi connectivity index (χ1n) is 7.58. The van der Waals surface area contributed by atoms with Crippen molar-refractivity contribution in [1.82, 2.24) is 9.29 Å². The van der Waals surface area contributed by atoms with Gasteiger partial charge in [0.1, 0.15) is 6.10 Å². The number of hydrogen-bond donors (Lipinski definition) is 0. The van der Waals surface area contributed by atoms with Crippen LogP contribution < -0.4 is 4.74 Å². The van der Waals surface area contributed by atoms with Crippen LogP contribution in [0.1, 0.15) is 23.0 Å². The maximum absolute atomic E-state index is 12.6. The molecule has 0 saturated carbocycles. The van der Waals surface area contributed by atoms with E-state index in [1.54, 1.807) is 18.2 Å². The summed E-state index contributed by atoms with van der Waals surface area (Å²) in [6.07, 6.45) is -0.218. The molecule has 24 heavy (non-hydrogen) atoms. The van der Waals surface area contributed by atoms with E-state index in [4.69, 9.17) is 4.74 Å². The third-order valence-electron chi connectivity index (χ3n) is 3.84. The number of aromatic nitrogens is 1. The Morgan fingerprint density at radius 1 is 1.21 bits per heavy atom. The molecular formula is C17H18N2O4S. The molecule has 1 aliphatic rings. The average Bonchev–Trinajstić information content (AvgIpc) is 2.50. The van der Waals surface area contributed by atoms with Gasteiger partial charge in [0.05, 0.1) is 18.0 Å². The zero-order valence-corrected chi connectivity index (χ0v) is 14.3. The van der Waals surface area contributed by atoms with Crippen molar-refractivity contribution in [2.75, 3.05) is 13.1 Å². The summed E-state index contributed by atoms with van der Waals surface area (Å²) in [7, 11) is -3.61. The fraction of sp³-hybridized carbons (Fsp3) is 0.294. The predicted octanol–water partition coefficient (Wildman–Crippen LogP) is 2.04. The maximum Gasteiger partial charge on any atom is 0.243 e. The van der Waals surface area contributed by atoms with Crippen molar-refractivity contribution < 1.29 is 17.9 Å². The molecule has 3 rings (SSSR count). The third-order valence-corrected chi connectivity index (χ3v) is 5.67. The molecule has 0 amide bonds. The van der Waals surface area contributed by atoms with Gasteiger partial charge in [0.25, 0.3) is 0 Å². The van der Waals surface area contributed by atoms with Crippen LogP contribution in [0.5, 0.6) is 5.88 Å². The Morgan fingerprint density at radius 3 is 2.58 bits per heavy atom. The summed E-state index contributed by atoms with van der Waals surface area (Å²) in [6, 6.07) is 11.6. The van der Waals surface area contributed by atoms with Gasteiger partial charge in [0.15, 0.2) is 5.78 Å². The minimum absolute atomic E-state index is 0.127. The van der Waals surface area contributed by atoms with Gasteiger partial charge in [0, 0.05) is 17.3 Å². The van der Waals surface area contributed by atoms with Crippen molar-refractivity contribution in [3.63, 3.8) is 0 Å². The summed E-state index contributed by atoms with van der Waals surface area (Å²) >= 11 is 0. The number of carbonyl (C=O) groups excluding carboxylic acids is 1. The van der Waals surface area contributed by atoms with E-state index in [0.717, 1.165) is 5.69 Å². The van der Waals surface area contributed by atoms with Crippen LogP contribution in [0.4, 0.5) is 0 Å². The highest BCUT2D eigenvalue weighted by molar-refractivity contribution is 7.89. The third kappa shape index (κ3) is 3.32. The molecule has 0 bridgehead atoms. The number of aryl methyl sites for hydroxylation is 1. The summed E-state index contributed by atoms with van der Waals surface area (Å²) < 4.78 is 32.2. The van der Waals surface area contributed by atoms with E-state index in [2.05, 4.69) is 4.98 Å². The molecule has 126 valence electrons. The van der Waals surface area contributed by atoms with Crippen LogP contribution in [0, 0.1) is 6.92 Å².